The van der Waals surface area contributed by atoms with Gasteiger partial charge in [0.25, 0.3) is 5.56 Å². The molecule has 11 heteroatoms. The van der Waals surface area contributed by atoms with Gasteiger partial charge in [0.2, 0.25) is 5.91 Å². The Morgan fingerprint density at radius 2 is 2.08 bits per heavy atom. The molecular weight excluding hydrogens is 483 g/mol. The second kappa shape index (κ2) is 10.3. The third-order valence-corrected chi connectivity index (χ3v) is 7.91. The van der Waals surface area contributed by atoms with Crippen molar-refractivity contribution in [3.05, 3.63) is 57.8 Å². The van der Waals surface area contributed by atoms with Gasteiger partial charge >= 0.3 is 0 Å². The normalized spacial score (nSPS) is 21.3. The van der Waals surface area contributed by atoms with Gasteiger partial charge in [-0.3, -0.25) is 9.59 Å². The monoisotopic (exact) mass is 512 g/mol. The van der Waals surface area contributed by atoms with E-state index in [4.69, 9.17) is 0 Å². The molecule has 3 atom stereocenters. The minimum absolute atomic E-state index is 0.0537. The van der Waals surface area contributed by atoms with Crippen molar-refractivity contribution >= 4 is 34.3 Å². The highest BCUT2D eigenvalue weighted by Crippen LogP contribution is 2.30. The molecule has 3 aromatic rings. The highest BCUT2D eigenvalue weighted by atomic mass is 32.2. The predicted molar refractivity (Wildman–Crippen MR) is 137 cm³/mol. The summed E-state index contributed by atoms with van der Waals surface area (Å²) in [5.41, 5.74) is 2.34. The third-order valence-electron chi connectivity index (χ3n) is 6.93. The predicted octanol–water partition coefficient (Wildman–Crippen LogP) is 1.84. The molecule has 9 nitrogen and oxygen atoms in total. The highest BCUT2D eigenvalue weighted by Gasteiger charge is 2.29. The zero-order valence-corrected chi connectivity index (χ0v) is 21.0. The molecule has 1 unspecified atom stereocenters. The lowest BCUT2D eigenvalue weighted by Crippen LogP contribution is -2.53. The molecule has 190 valence electrons. The number of β-amino-alcohol motifs (C(OH)–C–C–N with tert-alkyl or cyclic N) is 1. The molecule has 1 saturated heterocycles. The number of carbonyl (C=O) groups excluding carboxylic acids is 1. The molecule has 1 amide bonds. The summed E-state index contributed by atoms with van der Waals surface area (Å²) in [5, 5.41) is 26.9. The molecule has 0 saturated carbocycles. The van der Waals surface area contributed by atoms with Crippen LogP contribution in [0.3, 0.4) is 0 Å². The third kappa shape index (κ3) is 5.01. The van der Waals surface area contributed by atoms with Crippen LogP contribution in [0.4, 0.5) is 10.1 Å². The van der Waals surface area contributed by atoms with Crippen LogP contribution in [0, 0.1) is 5.82 Å². The lowest BCUT2D eigenvalue weighted by atomic mass is 9.94. The fourth-order valence-corrected chi connectivity index (χ4v) is 5.80. The van der Waals surface area contributed by atoms with Crippen molar-refractivity contribution in [2.24, 2.45) is 7.05 Å². The molecule has 2 aliphatic heterocycles. The number of rotatable bonds is 6. The molecule has 4 heterocycles. The van der Waals surface area contributed by atoms with E-state index in [9.17, 15) is 19.1 Å². The fraction of sp³-hybridized carbons (Fsp3) is 0.440. The van der Waals surface area contributed by atoms with Gasteiger partial charge in [0, 0.05) is 44.4 Å². The number of aliphatic hydroxyl groups is 1. The Labute approximate surface area is 212 Å². The highest BCUT2D eigenvalue weighted by molar-refractivity contribution is 8.00. The van der Waals surface area contributed by atoms with E-state index in [1.54, 1.807) is 19.2 Å². The van der Waals surface area contributed by atoms with Crippen LogP contribution in [-0.2, 0) is 18.4 Å². The zero-order chi connectivity index (χ0) is 25.4. The minimum atomic E-state index is -0.603. The first kappa shape index (κ1) is 24.8. The van der Waals surface area contributed by atoms with Crippen LogP contribution < -0.4 is 16.2 Å². The number of thioether (sulfide) groups is 1. The van der Waals surface area contributed by atoms with E-state index in [-0.39, 0.29) is 29.2 Å². The molecule has 0 spiro atoms. The van der Waals surface area contributed by atoms with Crippen LogP contribution in [0.1, 0.15) is 30.5 Å². The zero-order valence-electron chi connectivity index (χ0n) is 20.2. The van der Waals surface area contributed by atoms with Gasteiger partial charge in [-0.2, -0.15) is 5.10 Å². The number of aryl methyl sites for hydroxylation is 1. The van der Waals surface area contributed by atoms with Crippen LogP contribution in [0.25, 0.3) is 10.9 Å². The number of likely N-dealkylation sites (tertiary alicyclic amines) is 1. The summed E-state index contributed by atoms with van der Waals surface area (Å²) < 4.78 is 16.4. The molecule has 36 heavy (non-hydrogen) atoms. The van der Waals surface area contributed by atoms with Gasteiger partial charge < -0.3 is 25.2 Å². The molecule has 2 aliphatic rings. The Bertz CT molecular complexity index is 1370. The summed E-state index contributed by atoms with van der Waals surface area (Å²) in [4.78, 5) is 26.0. The average Bonchev–Trinajstić information content (AvgIpc) is 2.85. The van der Waals surface area contributed by atoms with Crippen LogP contribution in [0.2, 0.25) is 0 Å². The standard InChI is InChI=1S/C25H29FN6O3S/c1-14(23-17(26)5-3-15-4-6-22(35)31(2)24(15)23)11-32-8-7-18(20(33)12-32)27-10-16-9-19-25(30-29-16)36-13-21(34)28-19/h3-6,9,14,18,20,27,33H,7-8,10-13H2,1-2H3,(H,28,34)/t14?,18-,20+/m0/s1. The van der Waals surface area contributed by atoms with E-state index in [0.717, 1.165) is 18.4 Å². The molecule has 0 aliphatic carbocycles. The number of anilines is 1. The van der Waals surface area contributed by atoms with E-state index in [1.807, 2.05) is 13.0 Å². The van der Waals surface area contributed by atoms with Gasteiger partial charge in [-0.05, 0) is 48.5 Å². The first-order valence-electron chi connectivity index (χ1n) is 12.0. The fourth-order valence-electron chi connectivity index (χ4n) is 5.10. The Balaban J connectivity index is 1.21. The van der Waals surface area contributed by atoms with Crippen LogP contribution in [0.5, 0.6) is 0 Å². The SMILES string of the molecule is CC(CN1CC[C@H](NCc2cc3c(nn2)SCC(=O)N3)[C@H](O)C1)c1c(F)ccc2ccc(=O)n(C)c12. The Hall–Kier alpha value is -2.86. The quantitative estimate of drug-likeness (QED) is 0.459. The molecule has 1 fully saturated rings. The number of nitrogens with zero attached hydrogens (tertiary/aromatic N) is 4. The van der Waals surface area contributed by atoms with Crippen molar-refractivity contribution < 1.29 is 14.3 Å². The number of aromatic nitrogens is 3. The van der Waals surface area contributed by atoms with E-state index in [0.29, 0.717) is 52.9 Å². The topological polar surface area (TPSA) is 112 Å². The number of benzene rings is 1. The maximum atomic E-state index is 14.9. The number of carbonyl (C=O) groups is 1. The van der Waals surface area contributed by atoms with Crippen molar-refractivity contribution in [2.75, 3.05) is 30.7 Å². The van der Waals surface area contributed by atoms with Gasteiger partial charge in [-0.25, -0.2) is 4.39 Å². The summed E-state index contributed by atoms with van der Waals surface area (Å²) in [7, 11) is 1.67. The first-order valence-corrected chi connectivity index (χ1v) is 13.0. The number of hydrogen-bond acceptors (Lipinski definition) is 8. The summed E-state index contributed by atoms with van der Waals surface area (Å²) in [5.74, 6) is -0.207. The second-order valence-corrected chi connectivity index (χ2v) is 10.5. The van der Waals surface area contributed by atoms with Gasteiger partial charge in [0.15, 0.2) is 0 Å². The number of nitrogens with one attached hydrogen (secondary N) is 2. The molecule has 0 bridgehead atoms. The molecule has 3 N–H and O–H groups in total. The van der Waals surface area contributed by atoms with Crippen molar-refractivity contribution in [3.8, 4) is 0 Å². The van der Waals surface area contributed by atoms with Crippen molar-refractivity contribution in [3.63, 3.8) is 0 Å². The Morgan fingerprint density at radius 3 is 2.89 bits per heavy atom. The molecule has 1 aromatic carbocycles. The molecule has 5 rings (SSSR count). The number of aliphatic hydroxyl groups excluding tert-OH is 1. The van der Waals surface area contributed by atoms with E-state index in [2.05, 4.69) is 25.7 Å². The van der Waals surface area contributed by atoms with Crippen molar-refractivity contribution in [2.45, 2.75) is 43.0 Å². The molecule has 2 aromatic heterocycles. The van der Waals surface area contributed by atoms with Gasteiger partial charge in [-0.1, -0.05) is 18.7 Å². The average molecular weight is 513 g/mol. The van der Waals surface area contributed by atoms with Crippen LogP contribution >= 0.6 is 11.8 Å². The lowest BCUT2D eigenvalue weighted by molar-refractivity contribution is -0.113. The van der Waals surface area contributed by atoms with Crippen molar-refractivity contribution in [1.82, 2.24) is 25.0 Å². The van der Waals surface area contributed by atoms with Crippen LogP contribution in [-0.4, -0.2) is 68.2 Å². The summed E-state index contributed by atoms with van der Waals surface area (Å²) >= 11 is 1.37. The minimum Gasteiger partial charge on any atom is -0.390 e. The number of hydrogen-bond donors (Lipinski definition) is 3. The number of fused-ring (bicyclic) bond motifs is 2. The van der Waals surface area contributed by atoms with Crippen LogP contribution in [0.15, 0.2) is 40.2 Å². The largest absolute Gasteiger partial charge is 0.390 e. The Kier molecular flexibility index (Phi) is 7.07. The van der Waals surface area contributed by atoms with Gasteiger partial charge in [0.1, 0.15) is 10.8 Å². The lowest BCUT2D eigenvalue weighted by Gasteiger charge is -2.37. The smallest absolute Gasteiger partial charge is 0.250 e. The first-order chi connectivity index (χ1) is 17.3. The van der Waals surface area contributed by atoms with Gasteiger partial charge in [0.05, 0.1) is 28.8 Å². The maximum Gasteiger partial charge on any atom is 0.250 e. The number of halogens is 1. The summed E-state index contributed by atoms with van der Waals surface area (Å²) in [6, 6.07) is 8.07. The van der Waals surface area contributed by atoms with Gasteiger partial charge in [-0.15, -0.1) is 5.10 Å². The number of piperidine rings is 1. The van der Waals surface area contributed by atoms with E-state index in [1.165, 1.54) is 28.5 Å². The van der Waals surface area contributed by atoms with E-state index < -0.39 is 6.10 Å². The molecular formula is C25H29FN6O3S. The summed E-state index contributed by atoms with van der Waals surface area (Å²) in [6.45, 7) is 4.14. The summed E-state index contributed by atoms with van der Waals surface area (Å²) in [6.07, 6.45) is 0.114. The Morgan fingerprint density at radius 1 is 1.28 bits per heavy atom. The number of amides is 1. The van der Waals surface area contributed by atoms with E-state index >= 15 is 0 Å². The molecule has 0 radical (unpaired) electrons. The maximum absolute atomic E-state index is 14.9. The van der Waals surface area contributed by atoms with Crippen molar-refractivity contribution in [1.29, 1.82) is 0 Å². The number of pyridine rings is 1. The second-order valence-electron chi connectivity index (χ2n) is 9.52.